The third-order valence-electron chi connectivity index (χ3n) is 5.06. The van der Waals surface area contributed by atoms with E-state index in [0.717, 1.165) is 33.5 Å². The van der Waals surface area contributed by atoms with Crippen molar-refractivity contribution in [3.8, 4) is 6.07 Å². The summed E-state index contributed by atoms with van der Waals surface area (Å²) in [7, 11) is 0. The zero-order valence-corrected chi connectivity index (χ0v) is 16.0. The van der Waals surface area contributed by atoms with Crippen molar-refractivity contribution in [3.05, 3.63) is 88.6 Å². The molecule has 4 aromatic rings. The van der Waals surface area contributed by atoms with Gasteiger partial charge in [0.2, 0.25) is 0 Å². The maximum absolute atomic E-state index is 12.7. The van der Waals surface area contributed by atoms with Crippen molar-refractivity contribution in [3.63, 3.8) is 0 Å². The number of nitrogens with zero attached hydrogens (tertiary/aromatic N) is 4. The summed E-state index contributed by atoms with van der Waals surface area (Å²) in [5.41, 5.74) is 7.39. The third-order valence-corrected chi connectivity index (χ3v) is 5.06. The van der Waals surface area contributed by atoms with Gasteiger partial charge in [0.25, 0.3) is 5.91 Å². The van der Waals surface area contributed by atoms with Crippen LogP contribution in [0.5, 0.6) is 0 Å². The van der Waals surface area contributed by atoms with Crippen molar-refractivity contribution in [1.82, 2.24) is 9.97 Å². The summed E-state index contributed by atoms with van der Waals surface area (Å²) in [5.74, 6) is -0.322. The topological polar surface area (TPSA) is 104 Å². The number of aryl methyl sites for hydroxylation is 1. The smallest absolute Gasteiger partial charge is 0.274 e. The van der Waals surface area contributed by atoms with Gasteiger partial charge in [-0.25, -0.2) is 9.97 Å². The van der Waals surface area contributed by atoms with Gasteiger partial charge in [0, 0.05) is 23.0 Å². The largest absolute Gasteiger partial charge is 0.443 e. The van der Waals surface area contributed by atoms with Crippen LogP contribution in [0.25, 0.3) is 11.1 Å². The van der Waals surface area contributed by atoms with Crippen LogP contribution in [-0.4, -0.2) is 21.6 Å². The maximum atomic E-state index is 12.7. The standard InChI is InChI=1S/C23H15N5O2/c1-13-6-14(9-24)10-25-21(13)23(29)28-17-4-2-16-11-26-22(18(16)8-17)15-3-5-20-19(7-15)27-12-30-20/h2-8,10,12H,11H2,1H3,(H,28,29). The van der Waals surface area contributed by atoms with E-state index < -0.39 is 0 Å². The molecule has 1 aliphatic heterocycles. The quantitative estimate of drug-likeness (QED) is 0.566. The van der Waals surface area contributed by atoms with Gasteiger partial charge in [-0.1, -0.05) is 6.07 Å². The Hall–Kier alpha value is -4.31. The van der Waals surface area contributed by atoms with E-state index in [4.69, 9.17) is 9.68 Å². The zero-order chi connectivity index (χ0) is 20.7. The molecular formula is C23H15N5O2. The van der Waals surface area contributed by atoms with Crippen LogP contribution in [-0.2, 0) is 6.54 Å². The number of hydrogen-bond acceptors (Lipinski definition) is 6. The van der Waals surface area contributed by atoms with Crippen molar-refractivity contribution in [2.45, 2.75) is 13.5 Å². The monoisotopic (exact) mass is 393 g/mol. The Morgan fingerprint density at radius 2 is 2.07 bits per heavy atom. The van der Waals surface area contributed by atoms with Crippen molar-refractivity contribution >= 4 is 28.4 Å². The van der Waals surface area contributed by atoms with Gasteiger partial charge in [0.1, 0.15) is 17.3 Å². The molecular weight excluding hydrogens is 378 g/mol. The number of aliphatic imine (C=N–C) groups is 1. The lowest BCUT2D eigenvalue weighted by atomic mass is 9.99. The van der Waals surface area contributed by atoms with Crippen LogP contribution in [0.3, 0.4) is 0 Å². The Labute approximate surface area is 171 Å². The van der Waals surface area contributed by atoms with Gasteiger partial charge in [0.15, 0.2) is 12.0 Å². The number of carbonyl (C=O) groups excluding carboxylic acids is 1. The SMILES string of the molecule is Cc1cc(C#N)cnc1C(=O)Nc1ccc2c(c1)C(c1ccc3ocnc3c1)=NC2. The van der Waals surface area contributed by atoms with E-state index in [1.54, 1.807) is 13.0 Å². The van der Waals surface area contributed by atoms with E-state index in [2.05, 4.69) is 20.3 Å². The van der Waals surface area contributed by atoms with Gasteiger partial charge in [-0.3, -0.25) is 9.79 Å². The number of carbonyl (C=O) groups is 1. The van der Waals surface area contributed by atoms with Crippen LogP contribution in [0.2, 0.25) is 0 Å². The summed E-state index contributed by atoms with van der Waals surface area (Å²) in [6.45, 7) is 2.35. The summed E-state index contributed by atoms with van der Waals surface area (Å²) < 4.78 is 5.31. The van der Waals surface area contributed by atoms with Crippen LogP contribution < -0.4 is 5.32 Å². The lowest BCUT2D eigenvalue weighted by Crippen LogP contribution is -2.16. The minimum Gasteiger partial charge on any atom is -0.443 e. The van der Waals surface area contributed by atoms with E-state index in [9.17, 15) is 4.79 Å². The second-order valence-corrected chi connectivity index (χ2v) is 7.03. The maximum Gasteiger partial charge on any atom is 0.274 e. The summed E-state index contributed by atoms with van der Waals surface area (Å²) in [5, 5.41) is 11.9. The van der Waals surface area contributed by atoms with Crippen LogP contribution in [0, 0.1) is 18.3 Å². The van der Waals surface area contributed by atoms with E-state index in [-0.39, 0.29) is 5.91 Å². The zero-order valence-electron chi connectivity index (χ0n) is 16.0. The number of rotatable bonds is 3. The fourth-order valence-electron chi connectivity index (χ4n) is 3.58. The molecule has 0 radical (unpaired) electrons. The highest BCUT2D eigenvalue weighted by atomic mass is 16.3. The normalized spacial score (nSPS) is 12.3. The molecule has 1 aliphatic rings. The van der Waals surface area contributed by atoms with E-state index in [1.807, 2.05) is 42.5 Å². The number of benzene rings is 2. The van der Waals surface area contributed by atoms with Crippen LogP contribution in [0.4, 0.5) is 5.69 Å². The number of fused-ring (bicyclic) bond motifs is 2. The Bertz CT molecular complexity index is 1390. The number of pyridine rings is 1. The minimum atomic E-state index is -0.322. The molecule has 30 heavy (non-hydrogen) atoms. The molecule has 5 rings (SSSR count). The molecule has 0 saturated carbocycles. The number of aromatic nitrogens is 2. The summed E-state index contributed by atoms with van der Waals surface area (Å²) in [4.78, 5) is 25.7. The summed E-state index contributed by atoms with van der Waals surface area (Å²) >= 11 is 0. The van der Waals surface area contributed by atoms with Crippen molar-refractivity contribution in [2.75, 3.05) is 5.32 Å². The first-order valence-electron chi connectivity index (χ1n) is 9.32. The average Bonchev–Trinajstić information content (AvgIpc) is 3.39. The Kier molecular flexibility index (Phi) is 4.11. The molecule has 0 bridgehead atoms. The average molecular weight is 393 g/mol. The molecule has 2 aromatic heterocycles. The molecule has 144 valence electrons. The number of nitriles is 1. The van der Waals surface area contributed by atoms with Gasteiger partial charge in [-0.2, -0.15) is 5.26 Å². The number of oxazole rings is 1. The number of anilines is 1. The summed E-state index contributed by atoms with van der Waals surface area (Å²) in [6.07, 6.45) is 2.82. The van der Waals surface area contributed by atoms with Crippen LogP contribution in [0.1, 0.15) is 38.3 Å². The molecule has 0 fully saturated rings. The highest BCUT2D eigenvalue weighted by Crippen LogP contribution is 2.27. The molecule has 7 heteroatoms. The summed E-state index contributed by atoms with van der Waals surface area (Å²) in [6, 6.07) is 15.2. The fraction of sp³-hybridized carbons (Fsp3) is 0.0870. The van der Waals surface area contributed by atoms with Gasteiger partial charge in [-0.05, 0) is 54.4 Å². The molecule has 0 aliphatic carbocycles. The van der Waals surface area contributed by atoms with Crippen molar-refractivity contribution in [2.24, 2.45) is 4.99 Å². The Morgan fingerprint density at radius 1 is 1.17 bits per heavy atom. The molecule has 1 N–H and O–H groups in total. The van der Waals surface area contributed by atoms with E-state index in [1.165, 1.54) is 12.6 Å². The van der Waals surface area contributed by atoms with Crippen LogP contribution in [0.15, 0.2) is 64.5 Å². The first kappa shape index (κ1) is 17.8. The highest BCUT2D eigenvalue weighted by molar-refractivity contribution is 6.16. The molecule has 7 nitrogen and oxygen atoms in total. The molecule has 0 unspecified atom stereocenters. The van der Waals surface area contributed by atoms with E-state index >= 15 is 0 Å². The highest BCUT2D eigenvalue weighted by Gasteiger charge is 2.20. The first-order chi connectivity index (χ1) is 14.6. The number of amides is 1. The van der Waals surface area contributed by atoms with Crippen LogP contribution >= 0.6 is 0 Å². The van der Waals surface area contributed by atoms with Crippen molar-refractivity contribution < 1.29 is 9.21 Å². The second kappa shape index (κ2) is 6.94. The fourth-order valence-corrected chi connectivity index (χ4v) is 3.58. The van der Waals surface area contributed by atoms with Gasteiger partial charge in [-0.15, -0.1) is 0 Å². The predicted molar refractivity (Wildman–Crippen MR) is 111 cm³/mol. The Morgan fingerprint density at radius 3 is 2.90 bits per heavy atom. The van der Waals surface area contributed by atoms with Gasteiger partial charge >= 0.3 is 0 Å². The molecule has 0 atom stereocenters. The number of hydrogen-bond donors (Lipinski definition) is 1. The number of nitrogens with one attached hydrogen (secondary N) is 1. The third kappa shape index (κ3) is 3.01. The first-order valence-corrected chi connectivity index (χ1v) is 9.32. The lowest BCUT2D eigenvalue weighted by molar-refractivity contribution is 0.102. The molecule has 0 spiro atoms. The second-order valence-electron chi connectivity index (χ2n) is 7.03. The molecule has 3 heterocycles. The van der Waals surface area contributed by atoms with Gasteiger partial charge in [0.05, 0.1) is 17.8 Å². The predicted octanol–water partition coefficient (Wildman–Crippen LogP) is 4.01. The molecule has 0 saturated heterocycles. The minimum absolute atomic E-state index is 0.292. The molecule has 1 amide bonds. The van der Waals surface area contributed by atoms with Gasteiger partial charge < -0.3 is 9.73 Å². The molecule has 2 aromatic carbocycles. The Balaban J connectivity index is 1.44. The van der Waals surface area contributed by atoms with Crippen molar-refractivity contribution in [1.29, 1.82) is 5.26 Å². The van der Waals surface area contributed by atoms with E-state index in [0.29, 0.717) is 29.1 Å². The lowest BCUT2D eigenvalue weighted by Gasteiger charge is -2.10.